The van der Waals surface area contributed by atoms with Gasteiger partial charge in [-0.1, -0.05) is 19.3 Å². The highest BCUT2D eigenvalue weighted by Crippen LogP contribution is 2.13. The Morgan fingerprint density at radius 3 is 1.43 bits per heavy atom. The molecule has 0 aromatic heterocycles. The van der Waals surface area contributed by atoms with Gasteiger partial charge >= 0.3 is 16.0 Å². The van der Waals surface area contributed by atoms with Crippen LogP contribution in [-0.4, -0.2) is 16.0 Å². The van der Waals surface area contributed by atoms with Crippen molar-refractivity contribution in [1.29, 1.82) is 0 Å². The first kappa shape index (κ1) is 8.73. The van der Waals surface area contributed by atoms with Crippen molar-refractivity contribution in [3.8, 4) is 0 Å². The molecule has 0 aromatic carbocycles. The van der Waals surface area contributed by atoms with E-state index in [2.05, 4.69) is 32.2 Å². The molecule has 0 atom stereocenters. The van der Waals surface area contributed by atoms with Crippen molar-refractivity contribution in [3.63, 3.8) is 0 Å². The molecule has 0 bridgehead atoms. The minimum absolute atomic E-state index is 0.0417. The molecule has 0 aliphatic heterocycles. The van der Waals surface area contributed by atoms with Crippen molar-refractivity contribution in [2.24, 2.45) is 0 Å². The molecule has 0 heterocycles. The fraction of sp³-hybridized carbons (Fsp3) is 0.750. The van der Waals surface area contributed by atoms with Gasteiger partial charge in [0.05, 0.1) is 0 Å². The molecule has 1 rings (SSSR count). The summed E-state index contributed by atoms with van der Waals surface area (Å²) in [5, 5.41) is 0. The van der Waals surface area contributed by atoms with Crippen molar-refractivity contribution in [2.45, 2.75) is 19.3 Å². The van der Waals surface area contributed by atoms with Gasteiger partial charge < -0.3 is 0 Å². The van der Waals surface area contributed by atoms with E-state index < -0.39 is 0 Å². The molecule has 1 aliphatic carbocycles. The maximum absolute atomic E-state index is 3.20. The molecular weight excluding hydrogens is 232 g/mol. The van der Waals surface area contributed by atoms with Gasteiger partial charge in [0.15, 0.2) is 0 Å². The summed E-state index contributed by atoms with van der Waals surface area (Å²) in [6.45, 7) is 0. The molecule has 39 valence electrons. The second-order valence-electron chi connectivity index (χ2n) is 1.32. The summed E-state index contributed by atoms with van der Waals surface area (Å²) in [5.41, 5.74) is 0. The molecule has 7 heavy (non-hydrogen) atoms. The van der Waals surface area contributed by atoms with Crippen LogP contribution in [0.5, 0.6) is 0 Å². The van der Waals surface area contributed by atoms with Gasteiger partial charge in [-0.3, -0.25) is 25.8 Å². The summed E-state index contributed by atoms with van der Waals surface area (Å²) >= 11 is 6.44. The summed E-state index contributed by atoms with van der Waals surface area (Å²) in [5.74, 6) is 0. The van der Waals surface area contributed by atoms with Crippen LogP contribution in [0.25, 0.3) is 0 Å². The number of hydrogen-bond donors (Lipinski definition) is 0. The molecule has 1 aliphatic rings. The molecule has 3 heteroatoms. The summed E-state index contributed by atoms with van der Waals surface area (Å²) in [6, 6.07) is 0. The number of rotatable bonds is 0. The average Bonchev–Trinajstić information content (AvgIpc) is 1.27. The Balaban J connectivity index is 0.000000110. The van der Waals surface area contributed by atoms with Crippen LogP contribution in [0, 0.1) is 6.42 Å². The van der Waals surface area contributed by atoms with E-state index in [0.29, 0.717) is 0 Å². The van der Waals surface area contributed by atoms with Crippen LogP contribution >= 0.6 is 25.8 Å². The van der Waals surface area contributed by atoms with E-state index in [1.807, 2.05) is 0 Å². The normalized spacial score (nSPS) is 15.1. The lowest BCUT2D eigenvalue weighted by Gasteiger charge is -2.05. The van der Waals surface area contributed by atoms with E-state index in [1.165, 1.54) is 19.3 Å². The Kier molecular flexibility index (Phi) is 9.63. The summed E-state index contributed by atoms with van der Waals surface area (Å²) < 4.78 is 0. The Labute approximate surface area is 66.9 Å². The molecule has 0 aromatic rings. The summed E-state index contributed by atoms with van der Waals surface area (Å²) in [6.07, 6.45) is 6.50. The quantitative estimate of drug-likeness (QED) is 0.570. The lowest BCUT2D eigenvalue weighted by molar-refractivity contribution is 0.652. The molecule has 0 saturated heterocycles. The van der Waals surface area contributed by atoms with Crippen molar-refractivity contribution in [1.82, 2.24) is 0 Å². The van der Waals surface area contributed by atoms with Gasteiger partial charge in [0.1, 0.15) is 0 Å². The fourth-order valence-electron chi connectivity index (χ4n) is 0.204. The van der Waals surface area contributed by atoms with Gasteiger partial charge in [0, 0.05) is 0 Å². The second kappa shape index (κ2) is 7.73. The molecule has 0 amide bonds. The predicted molar refractivity (Wildman–Crippen MR) is 41.8 cm³/mol. The van der Waals surface area contributed by atoms with Gasteiger partial charge in [-0.25, -0.2) is 0 Å². The molecule has 0 unspecified atom stereocenters. The molecule has 1 fully saturated rings. The van der Waals surface area contributed by atoms with E-state index in [4.69, 9.17) is 0 Å². The molecule has 1 radical (unpaired) electrons. The highest BCUT2D eigenvalue weighted by Gasteiger charge is 1.95. The first-order valence-corrected chi connectivity index (χ1v) is 10.1. The molecule has 1 saturated carbocycles. The average molecular weight is 239 g/mol. The summed E-state index contributed by atoms with van der Waals surface area (Å²) in [7, 11) is 0. The third kappa shape index (κ3) is 7.73. The Hall–Kier alpha value is 1.73. The van der Waals surface area contributed by atoms with Crippen LogP contribution in [0.1, 0.15) is 19.3 Å². The van der Waals surface area contributed by atoms with E-state index in [0.717, 1.165) is 0 Å². The van der Waals surface area contributed by atoms with Crippen LogP contribution in [0.15, 0.2) is 0 Å². The molecule has 0 N–H and O–H groups in total. The number of halogens is 2. The van der Waals surface area contributed by atoms with Crippen LogP contribution in [-0.2, 0) is 0 Å². The highest BCUT2D eigenvalue weighted by atomic mass is 79.9. The molecule has 0 nitrogen and oxygen atoms in total. The zero-order chi connectivity index (χ0) is 5.54. The standard InChI is InChI=1S/C4H7.2BrH.Mg/c1-2-4-3-1;;;/h1H,2-4H2;2*1H;/q;;;+2/p-2. The van der Waals surface area contributed by atoms with Gasteiger partial charge in [-0.15, -0.1) is 0 Å². The van der Waals surface area contributed by atoms with Gasteiger partial charge in [0.2, 0.25) is 0 Å². The maximum Gasteiger partial charge on any atom is 0.560 e. The highest BCUT2D eigenvalue weighted by molar-refractivity contribution is 9.47. The zero-order valence-electron chi connectivity index (χ0n) is 4.16. The minimum Gasteiger partial charge on any atom is -0.280 e. The zero-order valence-corrected chi connectivity index (χ0v) is 8.75. The van der Waals surface area contributed by atoms with E-state index >= 15 is 0 Å². The summed E-state index contributed by atoms with van der Waals surface area (Å²) in [4.78, 5) is 0. The van der Waals surface area contributed by atoms with Gasteiger partial charge in [-0.05, 0) is 6.42 Å². The third-order valence-electron chi connectivity index (χ3n) is 0.816. The number of hydrogen-bond acceptors (Lipinski definition) is 0. The Bertz CT molecular complexity index is 24.9. The first-order valence-electron chi connectivity index (χ1n) is 2.35. The van der Waals surface area contributed by atoms with Gasteiger partial charge in [-0.2, -0.15) is 0 Å². The lowest BCUT2D eigenvalue weighted by atomic mass is 10.0. The van der Waals surface area contributed by atoms with Crippen molar-refractivity contribution in [2.75, 3.05) is 0 Å². The molecule has 0 spiro atoms. The largest absolute Gasteiger partial charge is 0.560 e. The SMILES string of the molecule is [Br][Mg][Br].[CH]1CCC1. The van der Waals surface area contributed by atoms with E-state index in [1.54, 1.807) is 0 Å². The topological polar surface area (TPSA) is 0 Å². The molecular formula is C4H7Br2Mg. The van der Waals surface area contributed by atoms with Crippen LogP contribution in [0.4, 0.5) is 0 Å². The van der Waals surface area contributed by atoms with Crippen LogP contribution in [0.2, 0.25) is 0 Å². The first-order chi connectivity index (χ1) is 3.41. The predicted octanol–water partition coefficient (Wildman–Crippen LogP) is 2.68. The fourth-order valence-corrected chi connectivity index (χ4v) is 0.204. The Morgan fingerprint density at radius 2 is 1.43 bits per heavy atom. The third-order valence-corrected chi connectivity index (χ3v) is 0.816. The van der Waals surface area contributed by atoms with Crippen LogP contribution in [0.3, 0.4) is 0 Å². The monoisotopic (exact) mass is 237 g/mol. The van der Waals surface area contributed by atoms with Crippen LogP contribution < -0.4 is 0 Å². The van der Waals surface area contributed by atoms with Gasteiger partial charge in [0.25, 0.3) is 0 Å². The Morgan fingerprint density at radius 1 is 1.29 bits per heavy atom. The van der Waals surface area contributed by atoms with Crippen molar-refractivity contribution < 1.29 is 0 Å². The van der Waals surface area contributed by atoms with Crippen molar-refractivity contribution >= 4 is 41.8 Å². The van der Waals surface area contributed by atoms with E-state index in [-0.39, 0.29) is 16.0 Å². The van der Waals surface area contributed by atoms with Crippen molar-refractivity contribution in [3.05, 3.63) is 6.42 Å². The minimum atomic E-state index is 0.0417. The lowest BCUT2D eigenvalue weighted by Crippen LogP contribution is -1.87. The second-order valence-corrected chi connectivity index (χ2v) is 9.40. The maximum atomic E-state index is 3.20. The smallest absolute Gasteiger partial charge is 0.280 e. The van der Waals surface area contributed by atoms with E-state index in [9.17, 15) is 0 Å².